The first kappa shape index (κ1) is 18.2. The van der Waals surface area contributed by atoms with E-state index in [4.69, 9.17) is 5.73 Å². The molecule has 2 aromatic heterocycles. The summed E-state index contributed by atoms with van der Waals surface area (Å²) in [4.78, 5) is 16.4. The van der Waals surface area contributed by atoms with Crippen LogP contribution in [-0.2, 0) is 6.54 Å². The number of anilines is 1. The predicted octanol–water partition coefficient (Wildman–Crippen LogP) is 3.14. The number of pyridine rings is 1. The van der Waals surface area contributed by atoms with E-state index in [2.05, 4.69) is 36.4 Å². The van der Waals surface area contributed by atoms with E-state index in [-0.39, 0.29) is 22.9 Å². The lowest BCUT2D eigenvalue weighted by Crippen LogP contribution is -2.26. The smallest absolute Gasteiger partial charge is 0.272 e. The summed E-state index contributed by atoms with van der Waals surface area (Å²) in [5, 5.41) is 11.8. The summed E-state index contributed by atoms with van der Waals surface area (Å²) in [6.07, 6.45) is 2.25. The Balaban J connectivity index is 2.21. The number of fused-ring (bicyclic) bond motifs is 1. The molecule has 2 heterocycles. The zero-order valence-corrected chi connectivity index (χ0v) is 16.0. The third-order valence-electron chi connectivity index (χ3n) is 4.06. The van der Waals surface area contributed by atoms with Gasteiger partial charge in [0.1, 0.15) is 5.82 Å². The fourth-order valence-electron chi connectivity index (χ4n) is 2.77. The number of nitrogens with two attached hydrogens (primary N) is 1. The Hall–Kier alpha value is -2.55. The van der Waals surface area contributed by atoms with Gasteiger partial charge in [-0.1, -0.05) is 6.92 Å². The minimum Gasteiger partial charge on any atom is -0.396 e. The van der Waals surface area contributed by atoms with Crippen molar-refractivity contribution in [3.8, 4) is 11.4 Å². The van der Waals surface area contributed by atoms with Crippen LogP contribution < -0.4 is 11.1 Å². The highest BCUT2D eigenvalue weighted by Crippen LogP contribution is 2.34. The van der Waals surface area contributed by atoms with Crippen LogP contribution in [0, 0.1) is 5.82 Å². The van der Waals surface area contributed by atoms with E-state index in [1.807, 2.05) is 13.8 Å². The van der Waals surface area contributed by atoms with Gasteiger partial charge in [-0.3, -0.25) is 4.79 Å². The quantitative estimate of drug-likeness (QED) is 0.660. The summed E-state index contributed by atoms with van der Waals surface area (Å²) in [5.41, 5.74) is 6.75. The van der Waals surface area contributed by atoms with Crippen molar-refractivity contribution < 1.29 is 9.18 Å². The summed E-state index contributed by atoms with van der Waals surface area (Å²) in [6, 6.07) is 2.85. The summed E-state index contributed by atoms with van der Waals surface area (Å²) < 4.78 is 16.9. The molecule has 0 saturated carbocycles. The van der Waals surface area contributed by atoms with Gasteiger partial charge in [-0.25, -0.2) is 9.37 Å². The minimum absolute atomic E-state index is 0.127. The van der Waals surface area contributed by atoms with E-state index in [0.29, 0.717) is 34.4 Å². The van der Waals surface area contributed by atoms with Crippen molar-refractivity contribution in [1.82, 2.24) is 25.1 Å². The van der Waals surface area contributed by atoms with Crippen LogP contribution in [0.15, 0.2) is 23.1 Å². The van der Waals surface area contributed by atoms with Crippen molar-refractivity contribution in [2.24, 2.45) is 0 Å². The van der Waals surface area contributed by atoms with Gasteiger partial charge in [0.2, 0.25) is 0 Å². The molecule has 1 amide bonds. The van der Waals surface area contributed by atoms with Gasteiger partial charge in [0.15, 0.2) is 16.3 Å². The molecule has 0 aliphatic rings. The van der Waals surface area contributed by atoms with Gasteiger partial charge in [0.25, 0.3) is 5.91 Å². The number of benzene rings is 1. The van der Waals surface area contributed by atoms with E-state index in [9.17, 15) is 9.18 Å². The van der Waals surface area contributed by atoms with Crippen molar-refractivity contribution in [3.05, 3.63) is 34.6 Å². The number of halogens is 2. The van der Waals surface area contributed by atoms with Crippen LogP contribution in [0.5, 0.6) is 0 Å². The average molecular weight is 421 g/mol. The summed E-state index contributed by atoms with van der Waals surface area (Å²) in [6.45, 7) is 4.94. The number of carbonyl (C=O) groups is 1. The van der Waals surface area contributed by atoms with Gasteiger partial charge in [-0.05, 0) is 41.4 Å². The average Bonchev–Trinajstić information content (AvgIpc) is 3.00. The lowest BCUT2D eigenvalue weighted by molar-refractivity contribution is 0.0950. The molecule has 7 nitrogen and oxygen atoms in total. The van der Waals surface area contributed by atoms with Gasteiger partial charge in [0, 0.05) is 30.1 Å². The van der Waals surface area contributed by atoms with Crippen molar-refractivity contribution in [2.45, 2.75) is 26.8 Å². The van der Waals surface area contributed by atoms with E-state index >= 15 is 0 Å². The second-order valence-electron chi connectivity index (χ2n) is 5.70. The summed E-state index contributed by atoms with van der Waals surface area (Å²) >= 11 is 3.31. The number of nitrogens with one attached hydrogen (secondary N) is 1. The largest absolute Gasteiger partial charge is 0.396 e. The van der Waals surface area contributed by atoms with Crippen LogP contribution in [0.25, 0.3) is 22.2 Å². The standard InChI is InChI=1S/C17H18BrFN6O/c1-3-7-21-16(26)14-13(20)9-5-6-11(19)12(10(9)8-22-14)15-23-24-17(18)25(15)4-2/h5-6,8H,3-4,7,20H2,1-2H3,(H,21,26). The highest BCUT2D eigenvalue weighted by Gasteiger charge is 2.21. The van der Waals surface area contributed by atoms with E-state index < -0.39 is 5.82 Å². The molecule has 0 aliphatic heterocycles. The van der Waals surface area contributed by atoms with E-state index in [0.717, 1.165) is 6.42 Å². The fraction of sp³-hybridized carbons (Fsp3) is 0.294. The molecule has 0 aliphatic carbocycles. The molecule has 3 rings (SSSR count). The van der Waals surface area contributed by atoms with Gasteiger partial charge < -0.3 is 15.6 Å². The first-order chi connectivity index (χ1) is 12.5. The zero-order valence-electron chi connectivity index (χ0n) is 14.4. The Bertz CT molecular complexity index is 987. The predicted molar refractivity (Wildman–Crippen MR) is 101 cm³/mol. The van der Waals surface area contributed by atoms with Crippen LogP contribution >= 0.6 is 15.9 Å². The van der Waals surface area contributed by atoms with Crippen molar-refractivity contribution >= 4 is 38.3 Å². The molecule has 136 valence electrons. The molecule has 26 heavy (non-hydrogen) atoms. The molecule has 1 aromatic carbocycles. The zero-order chi connectivity index (χ0) is 18.8. The fourth-order valence-corrected chi connectivity index (χ4v) is 3.27. The highest BCUT2D eigenvalue weighted by atomic mass is 79.9. The monoisotopic (exact) mass is 420 g/mol. The third-order valence-corrected chi connectivity index (χ3v) is 4.65. The van der Waals surface area contributed by atoms with Crippen LogP contribution in [-0.4, -0.2) is 32.2 Å². The lowest BCUT2D eigenvalue weighted by Gasteiger charge is -2.12. The second-order valence-corrected chi connectivity index (χ2v) is 6.41. The second kappa shape index (κ2) is 7.36. The SMILES string of the molecule is CCCNC(=O)c1ncc2c(-c3nnc(Br)n3CC)c(F)ccc2c1N. The topological polar surface area (TPSA) is 98.7 Å². The number of rotatable bonds is 5. The Morgan fingerprint density at radius 1 is 1.31 bits per heavy atom. The summed E-state index contributed by atoms with van der Waals surface area (Å²) in [5.74, 6) is -0.445. The Labute approximate surface area is 157 Å². The van der Waals surface area contributed by atoms with Gasteiger partial charge in [-0.15, -0.1) is 10.2 Å². The molecule has 3 aromatic rings. The molecule has 0 unspecified atom stereocenters. The van der Waals surface area contributed by atoms with E-state index in [1.165, 1.54) is 12.3 Å². The van der Waals surface area contributed by atoms with Crippen molar-refractivity contribution in [2.75, 3.05) is 12.3 Å². The van der Waals surface area contributed by atoms with Gasteiger partial charge in [-0.2, -0.15) is 0 Å². The molecule has 0 spiro atoms. The Kier molecular flexibility index (Phi) is 5.17. The number of aromatic nitrogens is 4. The first-order valence-electron chi connectivity index (χ1n) is 8.23. The lowest BCUT2D eigenvalue weighted by atomic mass is 10.0. The van der Waals surface area contributed by atoms with Crippen LogP contribution in [0.4, 0.5) is 10.1 Å². The maximum Gasteiger partial charge on any atom is 0.272 e. The molecular weight excluding hydrogens is 403 g/mol. The van der Waals surface area contributed by atoms with Crippen LogP contribution in [0.3, 0.4) is 0 Å². The molecule has 9 heteroatoms. The number of hydrogen-bond acceptors (Lipinski definition) is 5. The van der Waals surface area contributed by atoms with Crippen LogP contribution in [0.2, 0.25) is 0 Å². The Morgan fingerprint density at radius 3 is 2.77 bits per heavy atom. The first-order valence-corrected chi connectivity index (χ1v) is 9.02. The van der Waals surface area contributed by atoms with Gasteiger partial charge in [0.05, 0.1) is 11.3 Å². The molecule has 0 bridgehead atoms. The molecule has 0 radical (unpaired) electrons. The number of hydrogen-bond donors (Lipinski definition) is 2. The molecule has 0 saturated heterocycles. The third kappa shape index (κ3) is 3.03. The number of carbonyl (C=O) groups excluding carboxylic acids is 1. The molecule has 3 N–H and O–H groups in total. The normalized spacial score (nSPS) is 11.1. The summed E-state index contributed by atoms with van der Waals surface area (Å²) in [7, 11) is 0. The molecule has 0 fully saturated rings. The number of nitrogens with zero attached hydrogens (tertiary/aromatic N) is 4. The molecular formula is C17H18BrFN6O. The number of amides is 1. The number of nitrogen functional groups attached to an aromatic ring is 1. The maximum atomic E-state index is 14.6. The van der Waals surface area contributed by atoms with Crippen molar-refractivity contribution in [1.29, 1.82) is 0 Å². The maximum absolute atomic E-state index is 14.6. The minimum atomic E-state index is -0.462. The van der Waals surface area contributed by atoms with Gasteiger partial charge >= 0.3 is 0 Å². The van der Waals surface area contributed by atoms with E-state index in [1.54, 1.807) is 10.6 Å². The Morgan fingerprint density at radius 2 is 2.08 bits per heavy atom. The van der Waals surface area contributed by atoms with Crippen molar-refractivity contribution in [3.63, 3.8) is 0 Å². The van der Waals surface area contributed by atoms with Crippen LogP contribution in [0.1, 0.15) is 30.8 Å². The molecule has 0 atom stereocenters. The highest BCUT2D eigenvalue weighted by molar-refractivity contribution is 9.10.